The first kappa shape index (κ1) is 16.2. The van der Waals surface area contributed by atoms with Crippen molar-refractivity contribution >= 4 is 23.2 Å². The van der Waals surface area contributed by atoms with Crippen LogP contribution in [0, 0.1) is 5.92 Å². The first-order chi connectivity index (χ1) is 12.1. The average Bonchev–Trinajstić information content (AvgIpc) is 3.28. The van der Waals surface area contributed by atoms with Gasteiger partial charge in [-0.25, -0.2) is 0 Å². The van der Waals surface area contributed by atoms with Crippen molar-refractivity contribution in [3.05, 3.63) is 22.3 Å². The number of carbonyl (C=O) groups excluding carboxylic acids is 2. The third-order valence-electron chi connectivity index (χ3n) is 5.11. The van der Waals surface area contributed by atoms with E-state index in [1.54, 1.807) is 16.0 Å². The lowest BCUT2D eigenvalue weighted by atomic mass is 9.93. The number of piperidine rings is 1. The molecule has 0 saturated carbocycles. The van der Waals surface area contributed by atoms with Gasteiger partial charge in [-0.1, -0.05) is 0 Å². The summed E-state index contributed by atoms with van der Waals surface area (Å²) in [4.78, 5) is 27.7. The van der Waals surface area contributed by atoms with E-state index in [-0.39, 0.29) is 17.7 Å². The summed E-state index contributed by atoms with van der Waals surface area (Å²) in [6, 6.07) is 0. The number of fused-ring (bicyclic) bond motifs is 1. The molecule has 4 rings (SSSR count). The van der Waals surface area contributed by atoms with Gasteiger partial charge in [0, 0.05) is 23.9 Å². The second-order valence-corrected chi connectivity index (χ2v) is 7.70. The summed E-state index contributed by atoms with van der Waals surface area (Å²) < 4.78 is 1.59. The second-order valence-electron chi connectivity index (χ2n) is 6.61. The molecule has 132 valence electrons. The number of aryl methyl sites for hydroxylation is 1. The van der Waals surface area contributed by atoms with E-state index in [4.69, 9.17) is 5.73 Å². The molecule has 0 unspecified atom stereocenters. The lowest BCUT2D eigenvalue weighted by molar-refractivity contribution is -0.123. The lowest BCUT2D eigenvalue weighted by Gasteiger charge is -2.31. The smallest absolute Gasteiger partial charge is 0.257 e. The summed E-state index contributed by atoms with van der Waals surface area (Å²) in [5.41, 5.74) is 7.29. The molecule has 8 nitrogen and oxygen atoms in total. The summed E-state index contributed by atoms with van der Waals surface area (Å²) in [6.07, 6.45) is 6.98. The van der Waals surface area contributed by atoms with E-state index in [1.165, 1.54) is 11.2 Å². The maximum atomic E-state index is 13.3. The second kappa shape index (κ2) is 6.55. The maximum Gasteiger partial charge on any atom is 0.257 e. The number of hydrogen-bond acceptors (Lipinski definition) is 6. The molecule has 1 saturated heterocycles. The highest BCUT2D eigenvalue weighted by molar-refractivity contribution is 7.15. The molecule has 1 aliphatic heterocycles. The number of rotatable bonds is 3. The predicted molar refractivity (Wildman–Crippen MR) is 91.5 cm³/mol. The third-order valence-corrected chi connectivity index (χ3v) is 6.39. The van der Waals surface area contributed by atoms with E-state index in [9.17, 15) is 9.59 Å². The number of thiophene rings is 1. The number of amides is 2. The predicted octanol–water partition coefficient (Wildman–Crippen LogP) is 0.940. The van der Waals surface area contributed by atoms with Crippen LogP contribution in [-0.4, -0.2) is 50.0 Å². The molecule has 2 amide bonds. The number of primary amides is 1. The van der Waals surface area contributed by atoms with Gasteiger partial charge in [0.15, 0.2) is 0 Å². The van der Waals surface area contributed by atoms with Crippen molar-refractivity contribution in [3.8, 4) is 5.00 Å². The minimum Gasteiger partial charge on any atom is -0.369 e. The molecule has 2 N–H and O–H groups in total. The SMILES string of the molecule is NC(=O)C1CCN(C(=O)c2c(-n3cnnn3)sc3c2CCCC3)CC1. The van der Waals surface area contributed by atoms with E-state index < -0.39 is 0 Å². The average molecular weight is 360 g/mol. The normalized spacial score (nSPS) is 18.2. The Morgan fingerprint density at radius 3 is 2.64 bits per heavy atom. The first-order valence-electron chi connectivity index (χ1n) is 8.61. The highest BCUT2D eigenvalue weighted by atomic mass is 32.1. The number of tetrazole rings is 1. The number of hydrogen-bond donors (Lipinski definition) is 1. The van der Waals surface area contributed by atoms with Crippen LogP contribution in [0.1, 0.15) is 46.5 Å². The zero-order valence-corrected chi connectivity index (χ0v) is 14.7. The van der Waals surface area contributed by atoms with Gasteiger partial charge in [-0.3, -0.25) is 9.59 Å². The van der Waals surface area contributed by atoms with Crippen LogP contribution in [-0.2, 0) is 17.6 Å². The molecule has 0 spiro atoms. The Balaban J connectivity index is 1.66. The zero-order valence-electron chi connectivity index (χ0n) is 13.8. The van der Waals surface area contributed by atoms with E-state index in [2.05, 4.69) is 15.5 Å². The summed E-state index contributed by atoms with van der Waals surface area (Å²) in [5, 5.41) is 12.2. The van der Waals surface area contributed by atoms with Crippen molar-refractivity contribution in [2.75, 3.05) is 13.1 Å². The van der Waals surface area contributed by atoms with Gasteiger partial charge in [0.2, 0.25) is 5.91 Å². The van der Waals surface area contributed by atoms with Gasteiger partial charge in [-0.15, -0.1) is 16.4 Å². The zero-order chi connectivity index (χ0) is 17.4. The van der Waals surface area contributed by atoms with Crippen LogP contribution in [0.15, 0.2) is 6.33 Å². The van der Waals surface area contributed by atoms with Gasteiger partial charge in [0.1, 0.15) is 11.3 Å². The fourth-order valence-corrected chi connectivity index (χ4v) is 5.01. The van der Waals surface area contributed by atoms with Gasteiger partial charge >= 0.3 is 0 Å². The molecule has 2 aliphatic rings. The van der Waals surface area contributed by atoms with Crippen molar-refractivity contribution in [3.63, 3.8) is 0 Å². The standard InChI is InChI=1S/C16H20N6O2S/c17-14(23)10-5-7-21(8-6-10)15(24)13-11-3-1-2-4-12(11)25-16(13)22-9-18-19-20-22/h9-10H,1-8H2,(H2,17,23). The van der Waals surface area contributed by atoms with Crippen LogP contribution in [0.2, 0.25) is 0 Å². The number of aromatic nitrogens is 4. The van der Waals surface area contributed by atoms with Crippen molar-refractivity contribution in [1.82, 2.24) is 25.1 Å². The maximum absolute atomic E-state index is 13.3. The Morgan fingerprint density at radius 2 is 1.96 bits per heavy atom. The van der Waals surface area contributed by atoms with E-state index in [0.717, 1.165) is 41.8 Å². The molecule has 0 atom stereocenters. The molecule has 0 aromatic carbocycles. The molecule has 2 aromatic heterocycles. The lowest BCUT2D eigenvalue weighted by Crippen LogP contribution is -2.42. The summed E-state index contributed by atoms with van der Waals surface area (Å²) >= 11 is 1.62. The monoisotopic (exact) mass is 360 g/mol. The molecule has 0 radical (unpaired) electrons. The Bertz CT molecular complexity index is 792. The van der Waals surface area contributed by atoms with Crippen LogP contribution in [0.4, 0.5) is 0 Å². The van der Waals surface area contributed by atoms with Gasteiger partial charge in [0.25, 0.3) is 5.91 Å². The molecule has 3 heterocycles. The minimum atomic E-state index is -0.269. The number of nitrogens with zero attached hydrogens (tertiary/aromatic N) is 5. The molecular formula is C16H20N6O2S. The van der Waals surface area contributed by atoms with Crippen molar-refractivity contribution in [1.29, 1.82) is 0 Å². The molecule has 0 bridgehead atoms. The summed E-state index contributed by atoms with van der Waals surface area (Å²) in [5.74, 6) is -0.373. The van der Waals surface area contributed by atoms with Crippen LogP contribution >= 0.6 is 11.3 Å². The van der Waals surface area contributed by atoms with Gasteiger partial charge in [0.05, 0.1) is 5.56 Å². The molecule has 1 fully saturated rings. The van der Waals surface area contributed by atoms with Crippen LogP contribution < -0.4 is 5.73 Å². The van der Waals surface area contributed by atoms with Gasteiger partial charge in [-0.2, -0.15) is 4.68 Å². The van der Waals surface area contributed by atoms with Crippen LogP contribution in [0.25, 0.3) is 5.00 Å². The van der Waals surface area contributed by atoms with E-state index in [1.807, 2.05) is 4.90 Å². The van der Waals surface area contributed by atoms with Crippen LogP contribution in [0.3, 0.4) is 0 Å². The Kier molecular flexibility index (Phi) is 4.24. The minimum absolute atomic E-state index is 0.0211. The fourth-order valence-electron chi connectivity index (χ4n) is 3.71. The molecule has 2 aromatic rings. The van der Waals surface area contributed by atoms with E-state index in [0.29, 0.717) is 25.9 Å². The molecule has 9 heteroatoms. The number of carbonyl (C=O) groups is 2. The number of likely N-dealkylation sites (tertiary alicyclic amines) is 1. The molecule has 1 aliphatic carbocycles. The molecule has 25 heavy (non-hydrogen) atoms. The summed E-state index contributed by atoms with van der Waals surface area (Å²) in [7, 11) is 0. The highest BCUT2D eigenvalue weighted by Gasteiger charge is 2.32. The Labute approximate surface area is 149 Å². The van der Waals surface area contributed by atoms with Crippen LogP contribution in [0.5, 0.6) is 0 Å². The summed E-state index contributed by atoms with van der Waals surface area (Å²) in [6.45, 7) is 1.12. The van der Waals surface area contributed by atoms with Gasteiger partial charge in [-0.05, 0) is 54.5 Å². The topological polar surface area (TPSA) is 107 Å². The largest absolute Gasteiger partial charge is 0.369 e. The van der Waals surface area contributed by atoms with Crippen molar-refractivity contribution < 1.29 is 9.59 Å². The first-order valence-corrected chi connectivity index (χ1v) is 9.43. The molecular weight excluding hydrogens is 340 g/mol. The Hall–Kier alpha value is -2.29. The quantitative estimate of drug-likeness (QED) is 0.876. The number of nitrogens with two attached hydrogens (primary N) is 1. The van der Waals surface area contributed by atoms with Gasteiger partial charge < -0.3 is 10.6 Å². The van der Waals surface area contributed by atoms with Crippen molar-refractivity contribution in [2.24, 2.45) is 11.7 Å². The third kappa shape index (κ3) is 2.92. The van der Waals surface area contributed by atoms with Crippen molar-refractivity contribution in [2.45, 2.75) is 38.5 Å². The van der Waals surface area contributed by atoms with E-state index >= 15 is 0 Å². The highest BCUT2D eigenvalue weighted by Crippen LogP contribution is 2.37. The fraction of sp³-hybridized carbons (Fsp3) is 0.562. The Morgan fingerprint density at radius 1 is 1.20 bits per heavy atom.